The molecule has 0 unspecified atom stereocenters. The molecule has 0 fully saturated rings. The lowest BCUT2D eigenvalue weighted by molar-refractivity contribution is 0.0526. The second-order valence-electron chi connectivity index (χ2n) is 3.59. The lowest BCUT2D eigenvalue weighted by Crippen LogP contribution is -2.13. The summed E-state index contributed by atoms with van der Waals surface area (Å²) in [5.74, 6) is 0.211. The lowest BCUT2D eigenvalue weighted by Gasteiger charge is -2.08. The molecule has 0 bridgehead atoms. The minimum Gasteiger partial charge on any atom is -0.462 e. The Bertz CT molecular complexity index is 544. The molecule has 0 aliphatic carbocycles. The van der Waals surface area contributed by atoms with E-state index in [4.69, 9.17) is 10.5 Å². The van der Waals surface area contributed by atoms with Gasteiger partial charge in [-0.15, -0.1) is 11.3 Å². The monoisotopic (exact) mass is 263 g/mol. The van der Waals surface area contributed by atoms with E-state index in [1.807, 2.05) is 17.5 Å². The Labute approximate surface area is 109 Å². The zero-order valence-electron chi connectivity index (χ0n) is 10.1. The third-order valence-corrected chi connectivity index (χ3v) is 3.20. The summed E-state index contributed by atoms with van der Waals surface area (Å²) in [6.45, 7) is 3.76. The van der Waals surface area contributed by atoms with E-state index in [-0.39, 0.29) is 11.4 Å². The fourth-order valence-electron chi connectivity index (χ4n) is 1.57. The summed E-state index contributed by atoms with van der Waals surface area (Å²) in [6, 6.07) is 3.82. The van der Waals surface area contributed by atoms with Crippen LogP contribution in [0.15, 0.2) is 17.5 Å². The van der Waals surface area contributed by atoms with Crippen LogP contribution in [0, 0.1) is 6.92 Å². The summed E-state index contributed by atoms with van der Waals surface area (Å²) in [6.07, 6.45) is 0. The molecule has 2 N–H and O–H groups in total. The van der Waals surface area contributed by atoms with Crippen LogP contribution in [0.2, 0.25) is 0 Å². The predicted octanol–water partition coefficient (Wildman–Crippen LogP) is 2.27. The maximum Gasteiger partial charge on any atom is 0.343 e. The van der Waals surface area contributed by atoms with Crippen molar-refractivity contribution in [2.24, 2.45) is 0 Å². The first kappa shape index (κ1) is 12.5. The molecule has 0 spiro atoms. The zero-order chi connectivity index (χ0) is 13.1. The summed E-state index contributed by atoms with van der Waals surface area (Å²) < 4.78 is 4.92. The number of aryl methyl sites for hydroxylation is 1. The number of hydrogen-bond acceptors (Lipinski definition) is 6. The van der Waals surface area contributed by atoms with Gasteiger partial charge in [-0.1, -0.05) is 6.07 Å². The number of rotatable bonds is 3. The van der Waals surface area contributed by atoms with Gasteiger partial charge in [-0.2, -0.15) is 0 Å². The lowest BCUT2D eigenvalue weighted by atomic mass is 10.2. The molecule has 0 atom stereocenters. The van der Waals surface area contributed by atoms with E-state index in [0.717, 1.165) is 4.88 Å². The Balaban J connectivity index is 2.44. The minimum atomic E-state index is -0.481. The first-order valence-electron chi connectivity index (χ1n) is 5.48. The van der Waals surface area contributed by atoms with Crippen LogP contribution < -0.4 is 5.73 Å². The molecule has 0 amide bonds. The summed E-state index contributed by atoms with van der Waals surface area (Å²) in [5.41, 5.74) is 6.59. The number of aromatic nitrogens is 2. The number of nitrogen functional groups attached to an aromatic ring is 1. The van der Waals surface area contributed by atoms with Crippen LogP contribution >= 0.6 is 11.3 Å². The van der Waals surface area contributed by atoms with E-state index < -0.39 is 5.97 Å². The maximum atomic E-state index is 11.7. The molecule has 0 aliphatic rings. The topological polar surface area (TPSA) is 78.1 Å². The average Bonchev–Trinajstić information content (AvgIpc) is 2.81. The van der Waals surface area contributed by atoms with Gasteiger partial charge in [-0.3, -0.25) is 0 Å². The minimum absolute atomic E-state index is 0.157. The fourth-order valence-corrected chi connectivity index (χ4v) is 2.22. The highest BCUT2D eigenvalue weighted by molar-refractivity contribution is 7.13. The van der Waals surface area contributed by atoms with Crippen LogP contribution in [0.3, 0.4) is 0 Å². The molecule has 94 valence electrons. The van der Waals surface area contributed by atoms with Crippen molar-refractivity contribution in [3.8, 4) is 10.7 Å². The molecule has 6 heteroatoms. The zero-order valence-corrected chi connectivity index (χ0v) is 11.0. The van der Waals surface area contributed by atoms with Crippen LogP contribution in [0.1, 0.15) is 23.0 Å². The largest absolute Gasteiger partial charge is 0.462 e. The fraction of sp³-hybridized carbons (Fsp3) is 0.250. The third-order valence-electron chi connectivity index (χ3n) is 2.34. The number of nitrogens with two attached hydrogens (primary N) is 1. The first-order valence-corrected chi connectivity index (χ1v) is 6.36. The number of hydrogen-bond donors (Lipinski definition) is 1. The highest BCUT2D eigenvalue weighted by atomic mass is 32.1. The van der Waals surface area contributed by atoms with E-state index in [9.17, 15) is 4.79 Å². The molecule has 0 saturated carbocycles. The SMILES string of the molecule is CCOC(=O)c1c(C)nc(-c2cccs2)nc1N. The molecule has 2 aromatic heterocycles. The van der Waals surface area contributed by atoms with Gasteiger partial charge in [0.15, 0.2) is 5.82 Å². The number of anilines is 1. The maximum absolute atomic E-state index is 11.7. The average molecular weight is 263 g/mol. The van der Waals surface area contributed by atoms with Crippen LogP contribution in [0.4, 0.5) is 5.82 Å². The van der Waals surface area contributed by atoms with E-state index in [2.05, 4.69) is 9.97 Å². The normalized spacial score (nSPS) is 10.3. The van der Waals surface area contributed by atoms with Gasteiger partial charge in [-0.05, 0) is 25.3 Å². The Hall–Kier alpha value is -1.95. The highest BCUT2D eigenvalue weighted by Crippen LogP contribution is 2.24. The van der Waals surface area contributed by atoms with Gasteiger partial charge in [0.1, 0.15) is 11.4 Å². The molecule has 0 aliphatic heterocycles. The number of thiophene rings is 1. The molecule has 2 rings (SSSR count). The van der Waals surface area contributed by atoms with Crippen molar-refractivity contribution in [3.63, 3.8) is 0 Å². The molecular formula is C12H13N3O2S. The van der Waals surface area contributed by atoms with Crippen LogP contribution in [-0.4, -0.2) is 22.5 Å². The number of esters is 1. The van der Waals surface area contributed by atoms with Gasteiger partial charge in [0.05, 0.1) is 17.2 Å². The molecule has 0 aromatic carbocycles. The van der Waals surface area contributed by atoms with Crippen LogP contribution in [0.25, 0.3) is 10.7 Å². The number of nitrogens with zero attached hydrogens (tertiary/aromatic N) is 2. The highest BCUT2D eigenvalue weighted by Gasteiger charge is 2.18. The van der Waals surface area contributed by atoms with Crippen molar-refractivity contribution in [1.29, 1.82) is 0 Å². The summed E-state index contributed by atoms with van der Waals surface area (Å²) in [7, 11) is 0. The number of carbonyl (C=O) groups is 1. The summed E-state index contributed by atoms with van der Waals surface area (Å²) in [5, 5.41) is 1.93. The molecule has 18 heavy (non-hydrogen) atoms. The van der Waals surface area contributed by atoms with Gasteiger partial charge < -0.3 is 10.5 Å². The van der Waals surface area contributed by atoms with Crippen LogP contribution in [0.5, 0.6) is 0 Å². The predicted molar refractivity (Wildman–Crippen MR) is 70.5 cm³/mol. The molecule has 5 nitrogen and oxygen atoms in total. The van der Waals surface area contributed by atoms with Gasteiger partial charge in [-0.25, -0.2) is 14.8 Å². The van der Waals surface area contributed by atoms with Crippen molar-refractivity contribution >= 4 is 23.1 Å². The first-order chi connectivity index (χ1) is 8.63. The Morgan fingerprint density at radius 3 is 2.83 bits per heavy atom. The second-order valence-corrected chi connectivity index (χ2v) is 4.54. The smallest absolute Gasteiger partial charge is 0.343 e. The molecule has 0 radical (unpaired) electrons. The molecule has 0 saturated heterocycles. The van der Waals surface area contributed by atoms with Crippen molar-refractivity contribution in [3.05, 3.63) is 28.8 Å². The summed E-state index contributed by atoms with van der Waals surface area (Å²) >= 11 is 1.52. The Kier molecular flexibility index (Phi) is 3.57. The van der Waals surface area contributed by atoms with E-state index in [0.29, 0.717) is 18.1 Å². The van der Waals surface area contributed by atoms with E-state index >= 15 is 0 Å². The van der Waals surface area contributed by atoms with Crippen molar-refractivity contribution in [2.45, 2.75) is 13.8 Å². The van der Waals surface area contributed by atoms with Gasteiger partial charge in [0.25, 0.3) is 0 Å². The van der Waals surface area contributed by atoms with E-state index in [1.54, 1.807) is 13.8 Å². The third kappa shape index (κ3) is 2.33. The quantitative estimate of drug-likeness (QED) is 0.859. The number of ether oxygens (including phenoxy) is 1. The Morgan fingerprint density at radius 2 is 2.28 bits per heavy atom. The van der Waals surface area contributed by atoms with E-state index in [1.165, 1.54) is 11.3 Å². The Morgan fingerprint density at radius 1 is 1.50 bits per heavy atom. The van der Waals surface area contributed by atoms with Gasteiger partial charge in [0, 0.05) is 0 Å². The molecular weight excluding hydrogens is 250 g/mol. The molecule has 2 aromatic rings. The molecule has 2 heterocycles. The van der Waals surface area contributed by atoms with Crippen molar-refractivity contribution in [2.75, 3.05) is 12.3 Å². The number of carbonyl (C=O) groups excluding carboxylic acids is 1. The standard InChI is InChI=1S/C12H13N3O2S/c1-3-17-12(16)9-7(2)14-11(15-10(9)13)8-5-4-6-18-8/h4-6H,3H2,1-2H3,(H2,13,14,15). The van der Waals surface area contributed by atoms with Crippen molar-refractivity contribution in [1.82, 2.24) is 9.97 Å². The van der Waals surface area contributed by atoms with Gasteiger partial charge >= 0.3 is 5.97 Å². The van der Waals surface area contributed by atoms with Gasteiger partial charge in [0.2, 0.25) is 0 Å². The van der Waals surface area contributed by atoms with Crippen LogP contribution in [-0.2, 0) is 4.74 Å². The summed E-state index contributed by atoms with van der Waals surface area (Å²) in [4.78, 5) is 21.1. The second kappa shape index (κ2) is 5.14. The van der Waals surface area contributed by atoms with Crippen molar-refractivity contribution < 1.29 is 9.53 Å².